The normalized spacial score (nSPS) is 18.9. The molecule has 1 N–H and O–H groups in total. The molecule has 1 heterocycles. The standard InChI is InChI=1S/C21H23NO5/c1-2-26-17-10-8-16(9-11-17)18-12-22(13-19(18)20(23)24)21(25)27-14-15-6-4-3-5-7-15/h3-11,18-19H,2,12-14H2,1H3,(H,23,24). The molecule has 1 aliphatic rings. The van der Waals surface area contributed by atoms with Gasteiger partial charge in [0.1, 0.15) is 12.4 Å². The molecular formula is C21H23NO5. The number of benzene rings is 2. The van der Waals surface area contributed by atoms with Gasteiger partial charge >= 0.3 is 12.1 Å². The summed E-state index contributed by atoms with van der Waals surface area (Å²) in [5, 5.41) is 9.59. The first-order chi connectivity index (χ1) is 13.1. The quantitative estimate of drug-likeness (QED) is 0.843. The minimum atomic E-state index is -0.910. The van der Waals surface area contributed by atoms with Crippen LogP contribution < -0.4 is 4.74 Å². The highest BCUT2D eigenvalue weighted by Crippen LogP contribution is 2.34. The molecule has 6 heteroatoms. The van der Waals surface area contributed by atoms with Gasteiger partial charge in [0.05, 0.1) is 12.5 Å². The molecule has 1 amide bonds. The van der Waals surface area contributed by atoms with Crippen molar-refractivity contribution in [3.8, 4) is 5.75 Å². The zero-order valence-corrected chi connectivity index (χ0v) is 15.2. The molecule has 2 unspecified atom stereocenters. The summed E-state index contributed by atoms with van der Waals surface area (Å²) in [5.41, 5.74) is 1.77. The lowest BCUT2D eigenvalue weighted by atomic mass is 9.89. The van der Waals surface area contributed by atoms with Crippen molar-refractivity contribution in [1.29, 1.82) is 0 Å². The molecule has 1 saturated heterocycles. The van der Waals surface area contributed by atoms with Crippen molar-refractivity contribution in [1.82, 2.24) is 4.90 Å². The van der Waals surface area contributed by atoms with Crippen LogP contribution in [0.2, 0.25) is 0 Å². The van der Waals surface area contributed by atoms with Gasteiger partial charge in [-0.15, -0.1) is 0 Å². The van der Waals surface area contributed by atoms with Crippen LogP contribution in [0.4, 0.5) is 4.79 Å². The van der Waals surface area contributed by atoms with Gasteiger partial charge in [-0.2, -0.15) is 0 Å². The Morgan fingerprint density at radius 1 is 1.07 bits per heavy atom. The highest BCUT2D eigenvalue weighted by molar-refractivity contribution is 5.75. The average molecular weight is 369 g/mol. The third-order valence-corrected chi connectivity index (χ3v) is 4.72. The number of carboxylic acid groups (broad SMARTS) is 1. The monoisotopic (exact) mass is 369 g/mol. The number of aliphatic carboxylic acids is 1. The second-order valence-electron chi connectivity index (χ2n) is 6.50. The minimum absolute atomic E-state index is 0.140. The molecule has 2 aromatic rings. The number of carboxylic acids is 1. The van der Waals surface area contributed by atoms with E-state index in [9.17, 15) is 14.7 Å². The molecule has 1 fully saturated rings. The van der Waals surface area contributed by atoms with E-state index in [1.165, 1.54) is 4.90 Å². The summed E-state index contributed by atoms with van der Waals surface area (Å²) < 4.78 is 10.8. The maximum Gasteiger partial charge on any atom is 0.410 e. The first-order valence-electron chi connectivity index (χ1n) is 8.99. The highest BCUT2D eigenvalue weighted by Gasteiger charge is 2.41. The largest absolute Gasteiger partial charge is 0.494 e. The van der Waals surface area contributed by atoms with Gasteiger partial charge in [0.15, 0.2) is 0 Å². The molecule has 0 spiro atoms. The van der Waals surface area contributed by atoms with Crippen LogP contribution in [-0.4, -0.2) is 41.8 Å². The van der Waals surface area contributed by atoms with Crippen LogP contribution in [-0.2, 0) is 16.1 Å². The smallest absolute Gasteiger partial charge is 0.410 e. The molecule has 0 aromatic heterocycles. The minimum Gasteiger partial charge on any atom is -0.494 e. The third-order valence-electron chi connectivity index (χ3n) is 4.72. The van der Waals surface area contributed by atoms with Crippen LogP contribution in [0, 0.1) is 5.92 Å². The summed E-state index contributed by atoms with van der Waals surface area (Å²) in [5.74, 6) is -1.10. The van der Waals surface area contributed by atoms with E-state index in [4.69, 9.17) is 9.47 Å². The van der Waals surface area contributed by atoms with Crippen molar-refractivity contribution in [2.75, 3.05) is 19.7 Å². The van der Waals surface area contributed by atoms with Crippen molar-refractivity contribution >= 4 is 12.1 Å². The molecule has 0 saturated carbocycles. The number of hydrogen-bond donors (Lipinski definition) is 1. The predicted molar refractivity (Wildman–Crippen MR) is 99.7 cm³/mol. The molecule has 0 aliphatic carbocycles. The zero-order chi connectivity index (χ0) is 19.2. The number of likely N-dealkylation sites (tertiary alicyclic amines) is 1. The second-order valence-corrected chi connectivity index (χ2v) is 6.50. The zero-order valence-electron chi connectivity index (χ0n) is 15.2. The predicted octanol–water partition coefficient (Wildman–Crippen LogP) is 3.52. The van der Waals surface area contributed by atoms with Gasteiger partial charge in [-0.25, -0.2) is 4.79 Å². The number of ether oxygens (including phenoxy) is 2. The Morgan fingerprint density at radius 3 is 2.41 bits per heavy atom. The fourth-order valence-electron chi connectivity index (χ4n) is 3.33. The summed E-state index contributed by atoms with van der Waals surface area (Å²) in [6, 6.07) is 16.8. The Labute approximate surface area is 158 Å². The van der Waals surface area contributed by atoms with Crippen molar-refractivity contribution in [3.63, 3.8) is 0 Å². The summed E-state index contributed by atoms with van der Waals surface area (Å²) >= 11 is 0. The molecule has 3 rings (SSSR count). The molecule has 0 radical (unpaired) electrons. The van der Waals surface area contributed by atoms with Crippen molar-refractivity contribution < 1.29 is 24.2 Å². The van der Waals surface area contributed by atoms with Crippen molar-refractivity contribution in [2.24, 2.45) is 5.92 Å². The number of carbonyl (C=O) groups is 2. The topological polar surface area (TPSA) is 76.1 Å². The number of rotatable bonds is 6. The van der Waals surface area contributed by atoms with Gasteiger partial charge in [0.2, 0.25) is 0 Å². The van der Waals surface area contributed by atoms with E-state index in [0.717, 1.165) is 16.9 Å². The Balaban J connectivity index is 1.66. The highest BCUT2D eigenvalue weighted by atomic mass is 16.6. The molecular weight excluding hydrogens is 346 g/mol. The number of nitrogens with zero attached hydrogens (tertiary/aromatic N) is 1. The van der Waals surface area contributed by atoms with Crippen LogP contribution in [0.5, 0.6) is 5.75 Å². The van der Waals surface area contributed by atoms with Crippen molar-refractivity contribution in [3.05, 3.63) is 65.7 Å². The Bertz CT molecular complexity index is 775. The van der Waals surface area contributed by atoms with E-state index in [0.29, 0.717) is 13.2 Å². The number of hydrogen-bond acceptors (Lipinski definition) is 4. The summed E-state index contributed by atoms with van der Waals surface area (Å²) in [6.45, 7) is 3.10. The van der Waals surface area contributed by atoms with Gasteiger partial charge in [0, 0.05) is 19.0 Å². The molecule has 1 aliphatic heterocycles. The number of amides is 1. The van der Waals surface area contributed by atoms with Crippen LogP contribution >= 0.6 is 0 Å². The number of carbonyl (C=O) groups excluding carboxylic acids is 1. The molecule has 2 atom stereocenters. The van der Waals surface area contributed by atoms with Gasteiger partial charge in [-0.1, -0.05) is 42.5 Å². The Morgan fingerprint density at radius 2 is 1.78 bits per heavy atom. The van der Waals surface area contributed by atoms with Crippen molar-refractivity contribution in [2.45, 2.75) is 19.4 Å². The van der Waals surface area contributed by atoms with Gasteiger partial charge in [-0.3, -0.25) is 4.79 Å². The van der Waals surface area contributed by atoms with Crippen LogP contribution in [0.15, 0.2) is 54.6 Å². The van der Waals surface area contributed by atoms with E-state index in [2.05, 4.69) is 0 Å². The fraction of sp³-hybridized carbons (Fsp3) is 0.333. The van der Waals surface area contributed by atoms with Gasteiger partial charge in [-0.05, 0) is 30.2 Å². The summed E-state index contributed by atoms with van der Waals surface area (Å²) in [7, 11) is 0. The van der Waals surface area contributed by atoms with Crippen LogP contribution in [0.3, 0.4) is 0 Å². The summed E-state index contributed by atoms with van der Waals surface area (Å²) in [6.07, 6.45) is -0.487. The van der Waals surface area contributed by atoms with E-state index < -0.39 is 18.0 Å². The summed E-state index contributed by atoms with van der Waals surface area (Å²) in [4.78, 5) is 25.6. The molecule has 6 nitrogen and oxygen atoms in total. The van der Waals surface area contributed by atoms with E-state index >= 15 is 0 Å². The fourth-order valence-corrected chi connectivity index (χ4v) is 3.33. The first-order valence-corrected chi connectivity index (χ1v) is 8.99. The lowest BCUT2D eigenvalue weighted by molar-refractivity contribution is -0.141. The van der Waals surface area contributed by atoms with E-state index in [-0.39, 0.29) is 19.1 Å². The second kappa shape index (κ2) is 8.58. The third kappa shape index (κ3) is 4.58. The lowest BCUT2D eigenvalue weighted by Gasteiger charge is -2.17. The van der Waals surface area contributed by atoms with Gasteiger partial charge < -0.3 is 19.5 Å². The van der Waals surface area contributed by atoms with Gasteiger partial charge in [0.25, 0.3) is 0 Å². The Kier molecular flexibility index (Phi) is 5.96. The van der Waals surface area contributed by atoms with E-state index in [1.54, 1.807) is 0 Å². The van der Waals surface area contributed by atoms with Crippen LogP contribution in [0.1, 0.15) is 24.0 Å². The van der Waals surface area contributed by atoms with Crippen LogP contribution in [0.25, 0.3) is 0 Å². The lowest BCUT2D eigenvalue weighted by Crippen LogP contribution is -2.30. The van der Waals surface area contributed by atoms with E-state index in [1.807, 2.05) is 61.5 Å². The SMILES string of the molecule is CCOc1ccc(C2CN(C(=O)OCc3ccccc3)CC2C(=O)O)cc1. The molecule has 27 heavy (non-hydrogen) atoms. The molecule has 0 bridgehead atoms. The first kappa shape index (κ1) is 18.8. The Hall–Kier alpha value is -3.02. The maximum absolute atomic E-state index is 12.4. The molecule has 142 valence electrons. The maximum atomic E-state index is 12.4. The average Bonchev–Trinajstić information content (AvgIpc) is 3.14. The molecule has 2 aromatic carbocycles.